The number of nitro benzene ring substituents is 1. The number of non-ortho nitro benzene ring substituents is 1. The van der Waals surface area contributed by atoms with Crippen molar-refractivity contribution in [2.45, 2.75) is 6.92 Å². The largest absolute Gasteiger partial charge is 0.478 e. The van der Waals surface area contributed by atoms with Gasteiger partial charge in [0.1, 0.15) is 0 Å². The minimum absolute atomic E-state index is 0.156. The fraction of sp³-hybridized carbons (Fsp3) is 0.111. The van der Waals surface area contributed by atoms with E-state index < -0.39 is 16.7 Å². The average molecular weight is 209 g/mol. The van der Waals surface area contributed by atoms with Gasteiger partial charge in [0.2, 0.25) is 0 Å². The van der Waals surface area contributed by atoms with Gasteiger partial charge in [-0.15, -0.1) is 0 Å². The number of ketones is 1. The monoisotopic (exact) mass is 209 g/mol. The molecule has 1 aromatic rings. The number of aromatic carboxylic acids is 1. The summed E-state index contributed by atoms with van der Waals surface area (Å²) in [5.74, 6) is -1.80. The van der Waals surface area contributed by atoms with Gasteiger partial charge in [0, 0.05) is 17.7 Å². The molecule has 0 aliphatic heterocycles. The van der Waals surface area contributed by atoms with Gasteiger partial charge in [0.15, 0.2) is 5.78 Å². The molecule has 0 aromatic heterocycles. The summed E-state index contributed by atoms with van der Waals surface area (Å²) in [7, 11) is 0. The number of carbonyl (C=O) groups is 2. The summed E-state index contributed by atoms with van der Waals surface area (Å²) in [4.78, 5) is 31.5. The highest BCUT2D eigenvalue weighted by Gasteiger charge is 2.17. The van der Waals surface area contributed by atoms with Gasteiger partial charge in [-0.2, -0.15) is 0 Å². The number of carboxylic acids is 1. The maximum absolute atomic E-state index is 11.1. The fourth-order valence-electron chi connectivity index (χ4n) is 1.12. The van der Waals surface area contributed by atoms with Crippen molar-refractivity contribution in [2.24, 2.45) is 0 Å². The summed E-state index contributed by atoms with van der Waals surface area (Å²) in [6.07, 6.45) is 0. The zero-order chi connectivity index (χ0) is 11.6. The minimum Gasteiger partial charge on any atom is -0.478 e. The lowest BCUT2D eigenvalue weighted by Crippen LogP contribution is -2.06. The Hall–Kier alpha value is -2.24. The van der Waals surface area contributed by atoms with E-state index in [4.69, 9.17) is 5.11 Å². The van der Waals surface area contributed by atoms with Crippen molar-refractivity contribution in [3.05, 3.63) is 39.4 Å². The van der Waals surface area contributed by atoms with Crippen LogP contribution >= 0.6 is 0 Å². The molecule has 0 amide bonds. The Morgan fingerprint density at radius 2 is 1.93 bits per heavy atom. The number of nitro groups is 1. The standard InChI is InChI=1S/C9H7NO5/c1-5(11)8-4-6(10(14)15)2-3-7(8)9(12)13/h2-4H,1H3,(H,12,13). The van der Waals surface area contributed by atoms with Crippen molar-refractivity contribution < 1.29 is 19.6 Å². The van der Waals surface area contributed by atoms with Crippen LogP contribution in [-0.2, 0) is 0 Å². The van der Waals surface area contributed by atoms with Crippen molar-refractivity contribution in [1.82, 2.24) is 0 Å². The second-order valence-corrected chi connectivity index (χ2v) is 2.85. The van der Waals surface area contributed by atoms with Crippen LogP contribution in [0.15, 0.2) is 18.2 Å². The Labute approximate surface area is 84.3 Å². The van der Waals surface area contributed by atoms with Crippen LogP contribution in [0.5, 0.6) is 0 Å². The summed E-state index contributed by atoms with van der Waals surface area (Å²) < 4.78 is 0. The number of rotatable bonds is 3. The first kappa shape index (κ1) is 10.8. The highest BCUT2D eigenvalue weighted by Crippen LogP contribution is 2.18. The summed E-state index contributed by atoms with van der Waals surface area (Å²) in [6, 6.07) is 3.07. The fourth-order valence-corrected chi connectivity index (χ4v) is 1.12. The zero-order valence-corrected chi connectivity index (χ0v) is 7.76. The number of hydrogen-bond donors (Lipinski definition) is 1. The summed E-state index contributed by atoms with van der Waals surface area (Å²) >= 11 is 0. The molecule has 0 spiro atoms. The van der Waals surface area contributed by atoms with Crippen LogP contribution in [-0.4, -0.2) is 21.8 Å². The SMILES string of the molecule is CC(=O)c1cc([N+](=O)[O-])ccc1C(=O)O. The van der Waals surface area contributed by atoms with E-state index in [1.807, 2.05) is 0 Å². The van der Waals surface area contributed by atoms with Crippen molar-refractivity contribution in [3.8, 4) is 0 Å². The summed E-state index contributed by atoms with van der Waals surface area (Å²) in [6.45, 7) is 1.16. The number of nitrogens with zero attached hydrogens (tertiary/aromatic N) is 1. The molecule has 15 heavy (non-hydrogen) atoms. The third-order valence-electron chi connectivity index (χ3n) is 1.82. The number of hydrogen-bond acceptors (Lipinski definition) is 4. The number of carbonyl (C=O) groups excluding carboxylic acids is 1. The van der Waals surface area contributed by atoms with E-state index in [0.717, 1.165) is 25.1 Å². The molecule has 0 unspecified atom stereocenters. The predicted molar refractivity (Wildman–Crippen MR) is 50.1 cm³/mol. The van der Waals surface area contributed by atoms with Gasteiger partial charge in [-0.3, -0.25) is 14.9 Å². The molecule has 0 atom stereocenters. The molecular weight excluding hydrogens is 202 g/mol. The lowest BCUT2D eigenvalue weighted by molar-refractivity contribution is -0.384. The van der Waals surface area contributed by atoms with E-state index >= 15 is 0 Å². The quantitative estimate of drug-likeness (QED) is 0.462. The maximum atomic E-state index is 11.1. The first-order valence-electron chi connectivity index (χ1n) is 3.96. The normalized spacial score (nSPS) is 9.67. The highest BCUT2D eigenvalue weighted by atomic mass is 16.6. The molecule has 0 saturated carbocycles. The molecule has 0 bridgehead atoms. The van der Waals surface area contributed by atoms with Crippen molar-refractivity contribution in [1.29, 1.82) is 0 Å². The van der Waals surface area contributed by atoms with Crippen molar-refractivity contribution in [3.63, 3.8) is 0 Å². The Balaban J connectivity index is 3.40. The van der Waals surface area contributed by atoms with Crippen LogP contribution in [0.1, 0.15) is 27.6 Å². The van der Waals surface area contributed by atoms with Crippen LogP contribution in [0.25, 0.3) is 0 Å². The number of carboxylic acid groups (broad SMARTS) is 1. The van der Waals surface area contributed by atoms with Crippen LogP contribution in [0.3, 0.4) is 0 Å². The van der Waals surface area contributed by atoms with Crippen LogP contribution in [0, 0.1) is 10.1 Å². The number of benzene rings is 1. The molecule has 78 valence electrons. The first-order chi connectivity index (χ1) is 6.93. The third kappa shape index (κ3) is 2.16. The molecule has 0 radical (unpaired) electrons. The van der Waals surface area contributed by atoms with Gasteiger partial charge in [0.05, 0.1) is 10.5 Å². The van der Waals surface area contributed by atoms with Gasteiger partial charge in [-0.25, -0.2) is 4.79 Å². The van der Waals surface area contributed by atoms with E-state index in [0.29, 0.717) is 0 Å². The van der Waals surface area contributed by atoms with Crippen LogP contribution in [0.2, 0.25) is 0 Å². The van der Waals surface area contributed by atoms with Gasteiger partial charge in [0.25, 0.3) is 5.69 Å². The lowest BCUT2D eigenvalue weighted by atomic mass is 10.0. The highest BCUT2D eigenvalue weighted by molar-refractivity contribution is 6.05. The van der Waals surface area contributed by atoms with Gasteiger partial charge in [-0.1, -0.05) is 0 Å². The Kier molecular flexibility index (Phi) is 2.80. The van der Waals surface area contributed by atoms with Crippen LogP contribution in [0.4, 0.5) is 5.69 Å². The molecule has 0 saturated heterocycles. The molecule has 6 nitrogen and oxygen atoms in total. The molecule has 1 rings (SSSR count). The second kappa shape index (κ2) is 3.87. The van der Waals surface area contributed by atoms with E-state index in [-0.39, 0.29) is 16.8 Å². The Bertz CT molecular complexity index is 452. The molecule has 6 heteroatoms. The van der Waals surface area contributed by atoms with E-state index in [1.165, 1.54) is 0 Å². The first-order valence-corrected chi connectivity index (χ1v) is 3.96. The van der Waals surface area contributed by atoms with Gasteiger partial charge < -0.3 is 5.11 Å². The van der Waals surface area contributed by atoms with E-state index in [1.54, 1.807) is 0 Å². The van der Waals surface area contributed by atoms with E-state index in [2.05, 4.69) is 0 Å². The predicted octanol–water partition coefficient (Wildman–Crippen LogP) is 1.50. The van der Waals surface area contributed by atoms with Crippen molar-refractivity contribution >= 4 is 17.4 Å². The molecule has 1 aromatic carbocycles. The smallest absolute Gasteiger partial charge is 0.336 e. The average Bonchev–Trinajstić information content (AvgIpc) is 2.16. The van der Waals surface area contributed by atoms with Gasteiger partial charge >= 0.3 is 5.97 Å². The molecule has 0 fully saturated rings. The van der Waals surface area contributed by atoms with Gasteiger partial charge in [-0.05, 0) is 13.0 Å². The molecular formula is C9H7NO5. The molecule has 1 N–H and O–H groups in total. The summed E-state index contributed by atoms with van der Waals surface area (Å²) in [5, 5.41) is 19.1. The van der Waals surface area contributed by atoms with Crippen LogP contribution < -0.4 is 0 Å². The Morgan fingerprint density at radius 3 is 2.33 bits per heavy atom. The minimum atomic E-state index is -1.28. The third-order valence-corrected chi connectivity index (χ3v) is 1.82. The lowest BCUT2D eigenvalue weighted by Gasteiger charge is -2.01. The summed E-state index contributed by atoms with van der Waals surface area (Å²) in [5.41, 5.74) is -0.685. The zero-order valence-electron chi connectivity index (χ0n) is 7.76. The number of Topliss-reactive ketones (excluding diaryl/α,β-unsaturated/α-hetero) is 1. The topological polar surface area (TPSA) is 97.5 Å². The second-order valence-electron chi connectivity index (χ2n) is 2.85. The van der Waals surface area contributed by atoms with Crippen molar-refractivity contribution in [2.75, 3.05) is 0 Å². The van der Waals surface area contributed by atoms with E-state index in [9.17, 15) is 19.7 Å². The Morgan fingerprint density at radius 1 is 1.33 bits per heavy atom. The molecule has 0 aliphatic rings. The maximum Gasteiger partial charge on any atom is 0.336 e. The molecule has 0 aliphatic carbocycles. The molecule has 0 heterocycles.